The Morgan fingerprint density at radius 1 is 1.15 bits per heavy atom. The maximum absolute atomic E-state index is 11.3. The summed E-state index contributed by atoms with van der Waals surface area (Å²) in [6.07, 6.45) is 4.58. The van der Waals surface area contributed by atoms with Crippen molar-refractivity contribution in [2.45, 2.75) is 38.0 Å². The van der Waals surface area contributed by atoms with E-state index in [0.717, 1.165) is 48.1 Å². The van der Waals surface area contributed by atoms with Crippen molar-refractivity contribution in [3.63, 3.8) is 0 Å². The smallest absolute Gasteiger partial charge is 0.119 e. The number of aromatic nitrogens is 1. The summed E-state index contributed by atoms with van der Waals surface area (Å²) in [7, 11) is 1.66. The number of nitrogens with zero attached hydrogens (tertiary/aromatic N) is 2. The number of fused-ring (bicyclic) bond motifs is 1. The minimum atomic E-state index is -0.549. The van der Waals surface area contributed by atoms with E-state index in [1.54, 1.807) is 13.3 Å². The lowest BCUT2D eigenvalue weighted by atomic mass is 9.91. The summed E-state index contributed by atoms with van der Waals surface area (Å²) < 4.78 is 5.38. The second-order valence-corrected chi connectivity index (χ2v) is 7.25. The summed E-state index contributed by atoms with van der Waals surface area (Å²) in [6, 6.07) is 18.4. The van der Waals surface area contributed by atoms with Gasteiger partial charge in [0.15, 0.2) is 0 Å². The Morgan fingerprint density at radius 3 is 2.81 bits per heavy atom. The van der Waals surface area contributed by atoms with Crippen LogP contribution in [0.4, 0.5) is 0 Å². The largest absolute Gasteiger partial charge is 0.497 e. The number of benzene rings is 2. The zero-order chi connectivity index (χ0) is 18.6. The molecular weight excluding hydrogens is 336 g/mol. The molecule has 1 fully saturated rings. The van der Waals surface area contributed by atoms with E-state index < -0.39 is 6.10 Å². The van der Waals surface area contributed by atoms with Gasteiger partial charge in [0.2, 0.25) is 0 Å². The SMILES string of the molecule is COc1ccc2nccc(C(O)C3CCCCN3Cc3ccccc3)c2c1. The molecule has 4 nitrogen and oxygen atoms in total. The fourth-order valence-corrected chi connectivity index (χ4v) is 4.13. The average molecular weight is 362 g/mol. The number of piperidine rings is 1. The molecule has 2 unspecified atom stereocenters. The summed E-state index contributed by atoms with van der Waals surface area (Å²) in [4.78, 5) is 6.88. The first-order valence-electron chi connectivity index (χ1n) is 9.65. The van der Waals surface area contributed by atoms with Crippen molar-refractivity contribution in [1.82, 2.24) is 9.88 Å². The number of rotatable bonds is 5. The zero-order valence-corrected chi connectivity index (χ0v) is 15.7. The fourth-order valence-electron chi connectivity index (χ4n) is 4.13. The van der Waals surface area contributed by atoms with Crippen molar-refractivity contribution >= 4 is 10.9 Å². The third-order valence-electron chi connectivity index (χ3n) is 5.56. The molecule has 1 saturated heterocycles. The molecule has 1 aliphatic rings. The monoisotopic (exact) mass is 362 g/mol. The molecule has 1 aliphatic heterocycles. The molecule has 0 radical (unpaired) electrons. The van der Waals surface area contributed by atoms with Crippen LogP contribution in [0.5, 0.6) is 5.75 Å². The lowest BCUT2D eigenvalue weighted by Crippen LogP contribution is -2.42. The van der Waals surface area contributed by atoms with Gasteiger partial charge in [0.25, 0.3) is 0 Å². The Kier molecular flexibility index (Phi) is 5.37. The Labute approximate surface area is 160 Å². The number of hydrogen-bond acceptors (Lipinski definition) is 4. The molecular formula is C23H26N2O2. The molecule has 0 saturated carbocycles. The van der Waals surface area contributed by atoms with Gasteiger partial charge in [-0.1, -0.05) is 36.8 Å². The van der Waals surface area contributed by atoms with Crippen LogP contribution in [0.2, 0.25) is 0 Å². The highest BCUT2D eigenvalue weighted by Crippen LogP contribution is 2.34. The minimum Gasteiger partial charge on any atom is -0.497 e. The lowest BCUT2D eigenvalue weighted by molar-refractivity contribution is 0.0210. The summed E-state index contributed by atoms with van der Waals surface area (Å²) in [5.41, 5.74) is 3.11. The molecule has 0 aliphatic carbocycles. The van der Waals surface area contributed by atoms with Gasteiger partial charge in [0, 0.05) is 24.2 Å². The standard InChI is InChI=1S/C23H26N2O2/c1-27-18-10-11-21-20(15-18)19(12-13-24-21)23(26)22-9-5-6-14-25(22)16-17-7-3-2-4-8-17/h2-4,7-8,10-13,15,22-23,26H,5-6,9,14,16H2,1H3. The number of likely N-dealkylation sites (tertiary alicyclic amines) is 1. The third kappa shape index (κ3) is 3.82. The van der Waals surface area contributed by atoms with Crippen LogP contribution in [-0.2, 0) is 6.54 Å². The van der Waals surface area contributed by atoms with Gasteiger partial charge in [0.1, 0.15) is 5.75 Å². The van der Waals surface area contributed by atoms with Crippen LogP contribution in [0.15, 0.2) is 60.8 Å². The van der Waals surface area contributed by atoms with Crippen molar-refractivity contribution < 1.29 is 9.84 Å². The molecule has 3 aromatic rings. The maximum atomic E-state index is 11.3. The first kappa shape index (κ1) is 18.0. The maximum Gasteiger partial charge on any atom is 0.119 e. The Hall–Kier alpha value is -2.43. The van der Waals surface area contributed by atoms with Crippen molar-refractivity contribution in [3.05, 3.63) is 71.9 Å². The quantitative estimate of drug-likeness (QED) is 0.734. The normalized spacial score (nSPS) is 19.1. The summed E-state index contributed by atoms with van der Waals surface area (Å²) in [5.74, 6) is 0.786. The molecule has 0 spiro atoms. The van der Waals surface area contributed by atoms with E-state index in [1.807, 2.05) is 30.3 Å². The summed E-state index contributed by atoms with van der Waals surface area (Å²) >= 11 is 0. The minimum absolute atomic E-state index is 0.107. The van der Waals surface area contributed by atoms with Crippen molar-refractivity contribution in [3.8, 4) is 5.75 Å². The number of aliphatic hydroxyl groups is 1. The molecule has 2 atom stereocenters. The first-order valence-corrected chi connectivity index (χ1v) is 9.65. The highest BCUT2D eigenvalue weighted by atomic mass is 16.5. The van der Waals surface area contributed by atoms with Gasteiger partial charge in [0.05, 0.1) is 18.7 Å². The molecule has 2 heterocycles. The second-order valence-electron chi connectivity index (χ2n) is 7.25. The van der Waals surface area contributed by atoms with Crippen molar-refractivity contribution in [2.24, 2.45) is 0 Å². The summed E-state index contributed by atoms with van der Waals surface area (Å²) in [6.45, 7) is 1.89. The summed E-state index contributed by atoms with van der Waals surface area (Å²) in [5, 5.41) is 12.3. The van der Waals surface area contributed by atoms with Crippen LogP contribution in [0.3, 0.4) is 0 Å². The third-order valence-corrected chi connectivity index (χ3v) is 5.56. The van der Waals surface area contributed by atoms with Gasteiger partial charge in [-0.3, -0.25) is 9.88 Å². The molecule has 0 bridgehead atoms. The predicted molar refractivity (Wildman–Crippen MR) is 108 cm³/mol. The van der Waals surface area contributed by atoms with Gasteiger partial charge in [-0.05, 0) is 54.8 Å². The van der Waals surface area contributed by atoms with Gasteiger partial charge in [-0.25, -0.2) is 0 Å². The first-order chi connectivity index (χ1) is 13.3. The van der Waals surface area contributed by atoms with E-state index >= 15 is 0 Å². The topological polar surface area (TPSA) is 45.6 Å². The van der Waals surface area contributed by atoms with Crippen molar-refractivity contribution in [2.75, 3.05) is 13.7 Å². The highest BCUT2D eigenvalue weighted by molar-refractivity contribution is 5.83. The fraction of sp³-hybridized carbons (Fsp3) is 0.348. The van der Waals surface area contributed by atoms with Gasteiger partial charge >= 0.3 is 0 Å². The van der Waals surface area contributed by atoms with Crippen LogP contribution in [0, 0.1) is 0 Å². The second kappa shape index (κ2) is 8.07. The van der Waals surface area contributed by atoms with Crippen LogP contribution >= 0.6 is 0 Å². The van der Waals surface area contributed by atoms with Crippen LogP contribution in [0.1, 0.15) is 36.5 Å². The van der Waals surface area contributed by atoms with E-state index in [9.17, 15) is 5.11 Å². The highest BCUT2D eigenvalue weighted by Gasteiger charge is 2.30. The molecule has 2 aromatic carbocycles. The molecule has 140 valence electrons. The van der Waals surface area contributed by atoms with Crippen LogP contribution < -0.4 is 4.74 Å². The van der Waals surface area contributed by atoms with Gasteiger partial charge < -0.3 is 9.84 Å². The van der Waals surface area contributed by atoms with Gasteiger partial charge in [-0.2, -0.15) is 0 Å². The molecule has 27 heavy (non-hydrogen) atoms. The average Bonchev–Trinajstić information content (AvgIpc) is 2.73. The van der Waals surface area contributed by atoms with E-state index in [2.05, 4.69) is 34.1 Å². The Balaban J connectivity index is 1.65. The van der Waals surface area contributed by atoms with E-state index in [-0.39, 0.29) is 6.04 Å². The lowest BCUT2D eigenvalue weighted by Gasteiger charge is -2.39. The zero-order valence-electron chi connectivity index (χ0n) is 15.7. The number of hydrogen-bond donors (Lipinski definition) is 1. The van der Waals surface area contributed by atoms with Gasteiger partial charge in [-0.15, -0.1) is 0 Å². The van der Waals surface area contributed by atoms with E-state index in [4.69, 9.17) is 4.74 Å². The predicted octanol–water partition coefficient (Wildman–Crippen LogP) is 4.33. The van der Waals surface area contributed by atoms with Crippen LogP contribution in [0.25, 0.3) is 10.9 Å². The molecule has 0 amide bonds. The van der Waals surface area contributed by atoms with E-state index in [0.29, 0.717) is 0 Å². The van der Waals surface area contributed by atoms with Crippen LogP contribution in [-0.4, -0.2) is 34.7 Å². The molecule has 1 aromatic heterocycles. The number of aliphatic hydroxyl groups excluding tert-OH is 1. The Bertz CT molecular complexity index is 897. The molecule has 1 N–H and O–H groups in total. The Morgan fingerprint density at radius 2 is 2.00 bits per heavy atom. The number of methoxy groups -OCH3 is 1. The van der Waals surface area contributed by atoms with E-state index in [1.165, 1.54) is 12.0 Å². The molecule has 4 rings (SSSR count). The number of pyridine rings is 1. The van der Waals surface area contributed by atoms with Crippen molar-refractivity contribution in [1.29, 1.82) is 0 Å². The number of ether oxygens (including phenoxy) is 1. The molecule has 4 heteroatoms.